The fourth-order valence-electron chi connectivity index (χ4n) is 1.57. The molecule has 0 bridgehead atoms. The molecule has 1 aromatic carbocycles. The number of nitrogens with zero attached hydrogens (tertiary/aromatic N) is 2. The summed E-state index contributed by atoms with van der Waals surface area (Å²) < 4.78 is 5.48. The highest BCUT2D eigenvalue weighted by Gasteiger charge is 2.16. The van der Waals surface area contributed by atoms with Gasteiger partial charge in [-0.3, -0.25) is 15.1 Å². The van der Waals surface area contributed by atoms with Crippen molar-refractivity contribution in [3.05, 3.63) is 56.3 Å². The molecule has 0 unspecified atom stereocenters. The van der Waals surface area contributed by atoms with Gasteiger partial charge in [-0.2, -0.15) is 0 Å². The van der Waals surface area contributed by atoms with E-state index in [1.165, 1.54) is 6.20 Å². The minimum atomic E-state index is -0.689. The van der Waals surface area contributed by atoms with Crippen LogP contribution in [0.5, 0.6) is 11.5 Å². The lowest BCUT2D eigenvalue weighted by molar-refractivity contribution is -0.384. The van der Waals surface area contributed by atoms with Crippen molar-refractivity contribution in [1.29, 1.82) is 0 Å². The highest BCUT2D eigenvalue weighted by atomic mass is 35.5. The Morgan fingerprint density at radius 2 is 1.95 bits per heavy atom. The molecule has 110 valence electrons. The van der Waals surface area contributed by atoms with Gasteiger partial charge in [-0.15, -0.1) is 0 Å². The second kappa shape index (κ2) is 6.26. The lowest BCUT2D eigenvalue weighted by Gasteiger charge is -2.10. The number of non-ortho nitro benzene ring substituents is 1. The molecule has 0 saturated carbocycles. The molecule has 0 aliphatic rings. The molecular weight excluding hydrogens is 319 g/mol. The summed E-state index contributed by atoms with van der Waals surface area (Å²) in [6, 6.07) is 5.48. The minimum Gasteiger partial charge on any atom is -0.453 e. The zero-order valence-electron chi connectivity index (χ0n) is 10.8. The topological polar surface area (TPSA) is 85.5 Å². The number of nitro groups is 1. The van der Waals surface area contributed by atoms with E-state index in [0.717, 1.165) is 12.1 Å². The lowest BCUT2D eigenvalue weighted by atomic mass is 10.2. The molecule has 0 radical (unpaired) electrons. The van der Waals surface area contributed by atoms with Crippen molar-refractivity contribution < 1.29 is 14.8 Å². The number of benzene rings is 1. The van der Waals surface area contributed by atoms with Crippen LogP contribution in [-0.2, 0) is 0 Å². The Bertz CT molecular complexity index is 651. The molecule has 6 nitrogen and oxygen atoms in total. The van der Waals surface area contributed by atoms with Crippen molar-refractivity contribution in [2.45, 2.75) is 13.0 Å². The van der Waals surface area contributed by atoms with Gasteiger partial charge in [0, 0.05) is 12.1 Å². The quantitative estimate of drug-likeness (QED) is 0.673. The lowest BCUT2D eigenvalue weighted by Crippen LogP contribution is -1.96. The van der Waals surface area contributed by atoms with E-state index in [9.17, 15) is 15.2 Å². The molecule has 21 heavy (non-hydrogen) atoms. The molecular formula is C13H10Cl2N2O4. The van der Waals surface area contributed by atoms with E-state index in [2.05, 4.69) is 4.98 Å². The summed E-state index contributed by atoms with van der Waals surface area (Å²) >= 11 is 11.9. The van der Waals surface area contributed by atoms with E-state index in [1.807, 2.05) is 0 Å². The number of nitro benzene ring substituents is 1. The van der Waals surface area contributed by atoms with Crippen molar-refractivity contribution in [3.8, 4) is 11.5 Å². The smallest absolute Gasteiger partial charge is 0.272 e. The third kappa shape index (κ3) is 3.60. The number of hydrogen-bond donors (Lipinski definition) is 1. The first-order valence-corrected chi connectivity index (χ1v) is 6.59. The Labute approximate surface area is 130 Å². The zero-order valence-corrected chi connectivity index (χ0v) is 12.3. The maximum Gasteiger partial charge on any atom is 0.272 e. The largest absolute Gasteiger partial charge is 0.453 e. The summed E-state index contributed by atoms with van der Waals surface area (Å²) in [4.78, 5) is 14.1. The average Bonchev–Trinajstić information content (AvgIpc) is 2.43. The van der Waals surface area contributed by atoms with Crippen molar-refractivity contribution in [2.75, 3.05) is 0 Å². The summed E-state index contributed by atoms with van der Waals surface area (Å²) in [5.41, 5.74) is 0.267. The first-order valence-electron chi connectivity index (χ1n) is 5.84. The predicted octanol–water partition coefficient (Wildman–Crippen LogP) is 4.14. The van der Waals surface area contributed by atoms with Gasteiger partial charge in [-0.1, -0.05) is 23.2 Å². The molecule has 0 aliphatic carbocycles. The van der Waals surface area contributed by atoms with Gasteiger partial charge >= 0.3 is 0 Å². The second-order valence-corrected chi connectivity index (χ2v) is 5.01. The number of rotatable bonds is 4. The van der Waals surface area contributed by atoms with Crippen LogP contribution in [-0.4, -0.2) is 15.0 Å². The van der Waals surface area contributed by atoms with Crippen LogP contribution in [0.25, 0.3) is 0 Å². The van der Waals surface area contributed by atoms with Crippen molar-refractivity contribution >= 4 is 28.9 Å². The fourth-order valence-corrected chi connectivity index (χ4v) is 2.12. The van der Waals surface area contributed by atoms with Gasteiger partial charge in [0.05, 0.1) is 33.0 Å². The summed E-state index contributed by atoms with van der Waals surface area (Å²) in [5.74, 6) is 0.451. The van der Waals surface area contributed by atoms with Crippen molar-refractivity contribution in [3.63, 3.8) is 0 Å². The van der Waals surface area contributed by atoms with Crippen LogP contribution in [0.15, 0.2) is 30.5 Å². The third-order valence-electron chi connectivity index (χ3n) is 2.60. The highest BCUT2D eigenvalue weighted by molar-refractivity contribution is 6.37. The standard InChI is InChI=1S/C13H10Cl2N2O4/c1-7(18)12-3-2-9(6-16-12)21-13-10(14)4-8(17(19)20)5-11(13)15/h2-7,18H,1H3/t7-/m1/s1. The highest BCUT2D eigenvalue weighted by Crippen LogP contribution is 2.39. The van der Waals surface area contributed by atoms with Gasteiger partial charge in [0.15, 0.2) is 5.75 Å². The van der Waals surface area contributed by atoms with Crippen LogP contribution in [0.4, 0.5) is 5.69 Å². The van der Waals surface area contributed by atoms with E-state index in [0.29, 0.717) is 11.4 Å². The Morgan fingerprint density at radius 1 is 1.33 bits per heavy atom. The summed E-state index contributed by atoms with van der Waals surface area (Å²) in [6.45, 7) is 1.59. The number of aliphatic hydroxyl groups excluding tert-OH is 1. The summed E-state index contributed by atoms with van der Waals surface area (Å²) in [7, 11) is 0. The third-order valence-corrected chi connectivity index (χ3v) is 3.16. The number of hydrogen-bond acceptors (Lipinski definition) is 5. The van der Waals surface area contributed by atoms with Crippen molar-refractivity contribution in [2.24, 2.45) is 0 Å². The van der Waals surface area contributed by atoms with Crippen LogP contribution in [0, 0.1) is 10.1 Å². The second-order valence-electron chi connectivity index (χ2n) is 4.19. The first kappa shape index (κ1) is 15.5. The molecule has 0 amide bonds. The Kier molecular flexibility index (Phi) is 4.62. The monoisotopic (exact) mass is 328 g/mol. The van der Waals surface area contributed by atoms with Crippen LogP contribution in [0.2, 0.25) is 10.0 Å². The summed E-state index contributed by atoms with van der Waals surface area (Å²) in [5, 5.41) is 20.1. The van der Waals surface area contributed by atoms with Gasteiger partial charge in [-0.25, -0.2) is 0 Å². The van der Waals surface area contributed by atoms with Gasteiger partial charge < -0.3 is 9.84 Å². The molecule has 1 aromatic heterocycles. The van der Waals surface area contributed by atoms with Gasteiger partial charge in [0.2, 0.25) is 0 Å². The predicted molar refractivity (Wildman–Crippen MR) is 78.1 cm³/mol. The van der Waals surface area contributed by atoms with Gasteiger partial charge in [0.25, 0.3) is 5.69 Å². The molecule has 1 N–H and O–H groups in total. The normalized spacial score (nSPS) is 12.0. The minimum absolute atomic E-state index is 0.0220. The molecule has 1 atom stereocenters. The molecule has 8 heteroatoms. The van der Waals surface area contributed by atoms with Crippen LogP contribution >= 0.6 is 23.2 Å². The molecule has 2 rings (SSSR count). The Hall–Kier alpha value is -1.89. The van der Waals surface area contributed by atoms with E-state index in [1.54, 1.807) is 19.1 Å². The maximum absolute atomic E-state index is 10.7. The van der Waals surface area contributed by atoms with E-state index in [4.69, 9.17) is 27.9 Å². The number of aromatic nitrogens is 1. The fraction of sp³-hybridized carbons (Fsp3) is 0.154. The summed E-state index contributed by atoms with van der Waals surface area (Å²) in [6.07, 6.45) is 0.710. The zero-order chi connectivity index (χ0) is 15.6. The van der Waals surface area contributed by atoms with E-state index < -0.39 is 11.0 Å². The molecule has 0 fully saturated rings. The van der Waals surface area contributed by atoms with E-state index in [-0.39, 0.29) is 21.5 Å². The van der Waals surface area contributed by atoms with Crippen LogP contribution in [0.1, 0.15) is 18.7 Å². The number of aliphatic hydroxyl groups is 1. The van der Waals surface area contributed by atoms with E-state index >= 15 is 0 Å². The molecule has 1 heterocycles. The Morgan fingerprint density at radius 3 is 2.38 bits per heavy atom. The molecule has 2 aromatic rings. The SMILES string of the molecule is C[C@@H](O)c1ccc(Oc2c(Cl)cc([N+](=O)[O-])cc2Cl)cn1. The molecule has 0 saturated heterocycles. The number of ether oxygens (including phenoxy) is 1. The van der Waals surface area contributed by atoms with Gasteiger partial charge in [-0.05, 0) is 19.1 Å². The van der Waals surface area contributed by atoms with Gasteiger partial charge in [0.1, 0.15) is 5.75 Å². The first-order chi connectivity index (χ1) is 9.88. The van der Waals surface area contributed by atoms with Crippen LogP contribution < -0.4 is 4.74 Å². The number of halogens is 2. The van der Waals surface area contributed by atoms with Crippen molar-refractivity contribution in [1.82, 2.24) is 4.98 Å². The van der Waals surface area contributed by atoms with Crippen LogP contribution in [0.3, 0.4) is 0 Å². The average molecular weight is 329 g/mol. The number of pyridine rings is 1. The molecule has 0 spiro atoms. The maximum atomic E-state index is 10.7. The Balaban J connectivity index is 2.29. The molecule has 0 aliphatic heterocycles.